The summed E-state index contributed by atoms with van der Waals surface area (Å²) in [5.41, 5.74) is 0. The maximum atomic E-state index is 11.8. The van der Waals surface area contributed by atoms with E-state index in [0.717, 1.165) is 32.1 Å². The van der Waals surface area contributed by atoms with Crippen molar-refractivity contribution in [2.24, 2.45) is 0 Å². The first-order valence-electron chi connectivity index (χ1n) is 9.28. The van der Waals surface area contributed by atoms with Gasteiger partial charge in [0.05, 0.1) is 6.61 Å². The van der Waals surface area contributed by atoms with E-state index < -0.39 is 6.10 Å². The zero-order valence-electron chi connectivity index (χ0n) is 14.8. The normalized spacial score (nSPS) is 12.3. The zero-order valence-corrected chi connectivity index (χ0v) is 15.9. The van der Waals surface area contributed by atoms with Crippen LogP contribution in [0.5, 0.6) is 0 Å². The fourth-order valence-corrected chi connectivity index (χ4v) is 2.73. The second-order valence-electron chi connectivity index (χ2n) is 6.12. The number of carbonyl (C=O) groups excluding carboxylic acids is 1. The highest BCUT2D eigenvalue weighted by molar-refractivity contribution is 7.09. The molecule has 0 aliphatic heterocycles. The van der Waals surface area contributed by atoms with Gasteiger partial charge < -0.3 is 9.26 Å². The third kappa shape index (κ3) is 13.5. The van der Waals surface area contributed by atoms with Crippen LogP contribution in [0.2, 0.25) is 0 Å². The fourth-order valence-electron chi connectivity index (χ4n) is 2.49. The Balaban J connectivity index is 3.35. The molecule has 2 atom stereocenters. The molecule has 0 saturated carbocycles. The molecule has 0 rings (SSSR count). The van der Waals surface area contributed by atoms with Crippen molar-refractivity contribution < 1.29 is 14.1 Å². The Morgan fingerprint density at radius 3 is 1.82 bits per heavy atom. The van der Waals surface area contributed by atoms with Crippen LogP contribution in [0, 0.1) is 0 Å². The molecule has 2 unspecified atom stereocenters. The van der Waals surface area contributed by atoms with Gasteiger partial charge in [-0.05, 0) is 12.8 Å². The summed E-state index contributed by atoms with van der Waals surface area (Å²) in [5.74, 6) is -0.209. The Bertz CT molecular complexity index is 246. The molecular formula is C18H37O3P. The number of ether oxygens (including phenoxy) is 1. The van der Waals surface area contributed by atoms with Gasteiger partial charge in [0, 0.05) is 9.47 Å². The molecule has 0 N–H and O–H groups in total. The molecule has 0 aliphatic carbocycles. The highest BCUT2D eigenvalue weighted by Crippen LogP contribution is 2.12. The first kappa shape index (κ1) is 21.9. The Morgan fingerprint density at radius 2 is 1.32 bits per heavy atom. The summed E-state index contributed by atoms with van der Waals surface area (Å²) < 4.78 is 10.4. The van der Waals surface area contributed by atoms with Crippen molar-refractivity contribution in [2.45, 2.75) is 103 Å². The zero-order chi connectivity index (χ0) is 16.5. The van der Waals surface area contributed by atoms with E-state index in [2.05, 4.69) is 23.3 Å². The van der Waals surface area contributed by atoms with E-state index >= 15 is 0 Å². The maximum Gasteiger partial charge on any atom is 0.335 e. The smallest absolute Gasteiger partial charge is 0.335 e. The molecule has 0 fully saturated rings. The van der Waals surface area contributed by atoms with Gasteiger partial charge in [0.25, 0.3) is 0 Å². The van der Waals surface area contributed by atoms with E-state index in [4.69, 9.17) is 9.26 Å². The van der Waals surface area contributed by atoms with Crippen molar-refractivity contribution >= 4 is 15.4 Å². The molecule has 0 saturated heterocycles. The number of carbonyl (C=O) groups is 1. The number of hydrogen-bond donors (Lipinski definition) is 0. The molecule has 22 heavy (non-hydrogen) atoms. The molecular weight excluding hydrogens is 295 g/mol. The van der Waals surface area contributed by atoms with Gasteiger partial charge in [-0.3, -0.25) is 0 Å². The third-order valence-corrected chi connectivity index (χ3v) is 4.32. The van der Waals surface area contributed by atoms with Gasteiger partial charge in [0.1, 0.15) is 0 Å². The van der Waals surface area contributed by atoms with Crippen LogP contribution in [-0.2, 0) is 14.1 Å². The SMILES string of the molecule is CCCCCCCCCCCCOC(=O)C(CCCC)OP. The van der Waals surface area contributed by atoms with Gasteiger partial charge in [-0.1, -0.05) is 84.5 Å². The molecule has 0 aromatic rings. The summed E-state index contributed by atoms with van der Waals surface area (Å²) in [6.45, 7) is 4.89. The van der Waals surface area contributed by atoms with E-state index in [9.17, 15) is 4.79 Å². The van der Waals surface area contributed by atoms with E-state index in [0.29, 0.717) is 6.61 Å². The van der Waals surface area contributed by atoms with Gasteiger partial charge >= 0.3 is 5.97 Å². The van der Waals surface area contributed by atoms with Crippen molar-refractivity contribution in [2.75, 3.05) is 6.61 Å². The first-order valence-corrected chi connectivity index (χ1v) is 9.75. The highest BCUT2D eigenvalue weighted by Gasteiger charge is 2.18. The van der Waals surface area contributed by atoms with Crippen LogP contribution in [0.1, 0.15) is 97.3 Å². The lowest BCUT2D eigenvalue weighted by atomic mass is 10.1. The first-order chi connectivity index (χ1) is 10.8. The molecule has 0 amide bonds. The largest absolute Gasteiger partial charge is 0.464 e. The lowest BCUT2D eigenvalue weighted by molar-refractivity contribution is -0.151. The predicted molar refractivity (Wildman–Crippen MR) is 96.9 cm³/mol. The maximum absolute atomic E-state index is 11.8. The van der Waals surface area contributed by atoms with Crippen molar-refractivity contribution in [1.82, 2.24) is 0 Å². The van der Waals surface area contributed by atoms with Crippen molar-refractivity contribution in [3.05, 3.63) is 0 Å². The van der Waals surface area contributed by atoms with Crippen molar-refractivity contribution in [3.8, 4) is 0 Å². The lowest BCUT2D eigenvalue weighted by Crippen LogP contribution is -2.24. The van der Waals surface area contributed by atoms with Crippen molar-refractivity contribution in [3.63, 3.8) is 0 Å². The average molecular weight is 332 g/mol. The van der Waals surface area contributed by atoms with Crippen LogP contribution in [0.25, 0.3) is 0 Å². The molecule has 0 spiro atoms. The van der Waals surface area contributed by atoms with Gasteiger partial charge in [-0.15, -0.1) is 0 Å². The predicted octanol–water partition coefficient (Wildman–Crippen LogP) is 5.82. The topological polar surface area (TPSA) is 35.5 Å². The van der Waals surface area contributed by atoms with Crippen LogP contribution in [0.15, 0.2) is 0 Å². The average Bonchev–Trinajstić information content (AvgIpc) is 2.53. The van der Waals surface area contributed by atoms with Crippen LogP contribution in [-0.4, -0.2) is 18.7 Å². The van der Waals surface area contributed by atoms with Crippen LogP contribution < -0.4 is 0 Å². The summed E-state index contributed by atoms with van der Waals surface area (Å²) in [6, 6.07) is 0. The standard InChI is InChI=1S/C18H37O3P/c1-3-5-7-8-9-10-11-12-13-14-16-20-18(19)17(21-22)15-6-4-2/h17H,3-16,22H2,1-2H3. The fraction of sp³-hybridized carbons (Fsp3) is 0.944. The molecule has 0 aromatic heterocycles. The Kier molecular flexibility index (Phi) is 17.1. The molecule has 0 aliphatic rings. The van der Waals surface area contributed by atoms with Crippen LogP contribution in [0.3, 0.4) is 0 Å². The van der Waals surface area contributed by atoms with Gasteiger partial charge in [0.2, 0.25) is 0 Å². The molecule has 4 heteroatoms. The molecule has 0 aromatic carbocycles. The molecule has 0 radical (unpaired) electrons. The van der Waals surface area contributed by atoms with E-state index in [-0.39, 0.29) is 5.97 Å². The number of hydrogen-bond acceptors (Lipinski definition) is 3. The monoisotopic (exact) mass is 332 g/mol. The minimum absolute atomic E-state index is 0.209. The third-order valence-electron chi connectivity index (χ3n) is 3.99. The van der Waals surface area contributed by atoms with Crippen molar-refractivity contribution in [1.29, 1.82) is 0 Å². The van der Waals surface area contributed by atoms with E-state index in [1.54, 1.807) is 0 Å². The summed E-state index contributed by atoms with van der Waals surface area (Å²) in [6.07, 6.45) is 15.3. The summed E-state index contributed by atoms with van der Waals surface area (Å²) in [5, 5.41) is 0. The second kappa shape index (κ2) is 17.2. The summed E-state index contributed by atoms with van der Waals surface area (Å²) in [4.78, 5) is 11.8. The van der Waals surface area contributed by atoms with Crippen LogP contribution >= 0.6 is 9.47 Å². The number of rotatable bonds is 16. The number of esters is 1. The molecule has 132 valence electrons. The van der Waals surface area contributed by atoms with Gasteiger partial charge in [-0.2, -0.15) is 0 Å². The minimum Gasteiger partial charge on any atom is -0.464 e. The van der Waals surface area contributed by atoms with Crippen LogP contribution in [0.4, 0.5) is 0 Å². The summed E-state index contributed by atoms with van der Waals surface area (Å²) >= 11 is 0. The van der Waals surface area contributed by atoms with Gasteiger partial charge in [0.15, 0.2) is 6.10 Å². The van der Waals surface area contributed by atoms with Gasteiger partial charge in [-0.25, -0.2) is 4.79 Å². The Hall–Kier alpha value is -0.140. The minimum atomic E-state index is -0.409. The van der Waals surface area contributed by atoms with E-state index in [1.807, 2.05) is 0 Å². The molecule has 3 nitrogen and oxygen atoms in total. The molecule has 0 heterocycles. The Labute approximate surface area is 140 Å². The molecule has 0 bridgehead atoms. The second-order valence-corrected chi connectivity index (χ2v) is 6.39. The number of unbranched alkanes of at least 4 members (excludes halogenated alkanes) is 10. The quantitative estimate of drug-likeness (QED) is 0.203. The Morgan fingerprint density at radius 1 is 0.818 bits per heavy atom. The highest BCUT2D eigenvalue weighted by atomic mass is 31.0. The lowest BCUT2D eigenvalue weighted by Gasteiger charge is -2.13. The van der Waals surface area contributed by atoms with E-state index in [1.165, 1.54) is 51.4 Å². The summed E-state index contributed by atoms with van der Waals surface area (Å²) in [7, 11) is 2.18.